The summed E-state index contributed by atoms with van der Waals surface area (Å²) in [5, 5.41) is 0. The van der Waals surface area contributed by atoms with Gasteiger partial charge in [0.25, 0.3) is 0 Å². The molecule has 3 saturated carbocycles. The first-order chi connectivity index (χ1) is 9.65. The average molecular weight is 336 g/mol. The van der Waals surface area contributed by atoms with Crippen LogP contribution in [0.3, 0.4) is 0 Å². The maximum Gasteiger partial charge on any atom is 0.201 e. The van der Waals surface area contributed by atoms with Gasteiger partial charge in [-0.1, -0.05) is 0 Å². The number of aromatic nitrogens is 2. The lowest BCUT2D eigenvalue weighted by Gasteiger charge is -2.12. The molecule has 2 aromatic rings. The minimum absolute atomic E-state index is 0.279. The second kappa shape index (κ2) is 3.56. The highest BCUT2D eigenvalue weighted by molar-refractivity contribution is 9.10. The monoisotopic (exact) mass is 335 g/mol. The fourth-order valence-electron chi connectivity index (χ4n) is 5.05. The summed E-state index contributed by atoms with van der Waals surface area (Å²) in [6, 6.07) is 3.80. The molecule has 0 radical (unpaired) electrons. The number of rotatable bonds is 1. The van der Waals surface area contributed by atoms with E-state index >= 15 is 0 Å². The lowest BCUT2D eigenvalue weighted by Crippen LogP contribution is -2.08. The van der Waals surface area contributed by atoms with Crippen molar-refractivity contribution in [3.8, 4) is 0 Å². The van der Waals surface area contributed by atoms with Crippen LogP contribution >= 0.6 is 15.9 Å². The highest BCUT2D eigenvalue weighted by Gasteiger charge is 2.66. The largest absolute Gasteiger partial charge is 0.369 e. The summed E-state index contributed by atoms with van der Waals surface area (Å²) < 4.78 is 16.3. The van der Waals surface area contributed by atoms with Crippen LogP contribution in [0.2, 0.25) is 0 Å². The Hall–Kier alpha value is -1.10. The molecule has 4 atom stereocenters. The van der Waals surface area contributed by atoms with Gasteiger partial charge in [0.1, 0.15) is 5.82 Å². The zero-order chi connectivity index (χ0) is 13.6. The third-order valence-corrected chi connectivity index (χ3v) is 6.36. The van der Waals surface area contributed by atoms with Gasteiger partial charge in [-0.3, -0.25) is 0 Å². The SMILES string of the molecule is Nc1nc2cc(F)c(Br)cc2n1C1C2C3CCC(C3)C21. The fraction of sp³-hybridized carbons (Fsp3) is 0.533. The predicted molar refractivity (Wildman–Crippen MR) is 78.7 cm³/mol. The highest BCUT2D eigenvalue weighted by atomic mass is 79.9. The fourth-order valence-corrected chi connectivity index (χ4v) is 5.38. The van der Waals surface area contributed by atoms with E-state index in [1.165, 1.54) is 25.3 Å². The standard InChI is InChI=1S/C15H15BrFN3/c16-8-4-11-10(5-9(8)17)19-15(18)20(11)14-12-6-1-2-7(3-6)13(12)14/h4-7,12-14H,1-3H2,(H2,18,19). The van der Waals surface area contributed by atoms with Crippen LogP contribution in [-0.4, -0.2) is 9.55 Å². The van der Waals surface area contributed by atoms with E-state index in [0.717, 1.165) is 29.2 Å². The molecule has 1 aromatic carbocycles. The minimum atomic E-state index is -0.279. The summed E-state index contributed by atoms with van der Waals surface area (Å²) in [6.07, 6.45) is 4.18. The smallest absolute Gasteiger partial charge is 0.201 e. The molecule has 104 valence electrons. The third kappa shape index (κ3) is 1.27. The van der Waals surface area contributed by atoms with E-state index in [2.05, 4.69) is 25.5 Å². The van der Waals surface area contributed by atoms with E-state index in [9.17, 15) is 4.39 Å². The van der Waals surface area contributed by atoms with Crippen molar-refractivity contribution >= 4 is 32.9 Å². The molecule has 4 unspecified atom stereocenters. The highest BCUT2D eigenvalue weighted by Crippen LogP contribution is 2.72. The zero-order valence-corrected chi connectivity index (χ0v) is 12.5. The summed E-state index contributed by atoms with van der Waals surface area (Å²) in [7, 11) is 0. The van der Waals surface area contributed by atoms with Gasteiger partial charge in [0.15, 0.2) is 0 Å². The predicted octanol–water partition coefficient (Wildman–Crippen LogP) is 3.74. The van der Waals surface area contributed by atoms with Gasteiger partial charge >= 0.3 is 0 Å². The molecule has 3 aliphatic rings. The number of hydrogen-bond donors (Lipinski definition) is 1. The van der Waals surface area contributed by atoms with Gasteiger partial charge < -0.3 is 10.3 Å². The second-order valence-electron chi connectivity index (χ2n) is 6.57. The summed E-state index contributed by atoms with van der Waals surface area (Å²) >= 11 is 3.27. The molecule has 3 aliphatic carbocycles. The van der Waals surface area contributed by atoms with E-state index in [1.54, 1.807) is 0 Å². The van der Waals surface area contributed by atoms with Crippen LogP contribution in [0, 0.1) is 29.5 Å². The Morgan fingerprint density at radius 1 is 1.25 bits per heavy atom. The summed E-state index contributed by atoms with van der Waals surface area (Å²) in [5.41, 5.74) is 7.76. The molecule has 1 heterocycles. The van der Waals surface area contributed by atoms with Crippen LogP contribution in [0.1, 0.15) is 25.3 Å². The van der Waals surface area contributed by atoms with Gasteiger partial charge in [-0.2, -0.15) is 0 Å². The Balaban J connectivity index is 1.67. The quantitative estimate of drug-likeness (QED) is 0.862. The summed E-state index contributed by atoms with van der Waals surface area (Å²) in [4.78, 5) is 4.35. The molecule has 3 fully saturated rings. The molecular weight excluding hydrogens is 321 g/mol. The summed E-state index contributed by atoms with van der Waals surface area (Å²) in [5.74, 6) is 3.61. The maximum atomic E-state index is 13.6. The first kappa shape index (κ1) is 11.5. The van der Waals surface area contributed by atoms with E-state index < -0.39 is 0 Å². The van der Waals surface area contributed by atoms with Gasteiger partial charge in [-0.15, -0.1) is 0 Å². The third-order valence-electron chi connectivity index (χ3n) is 5.75. The maximum absolute atomic E-state index is 13.6. The molecule has 20 heavy (non-hydrogen) atoms. The van der Waals surface area contributed by atoms with Gasteiger partial charge in [-0.25, -0.2) is 9.37 Å². The minimum Gasteiger partial charge on any atom is -0.369 e. The van der Waals surface area contributed by atoms with Gasteiger partial charge in [0, 0.05) is 12.1 Å². The number of fused-ring (bicyclic) bond motifs is 6. The van der Waals surface area contributed by atoms with Crippen molar-refractivity contribution in [2.24, 2.45) is 23.7 Å². The Labute approximate surface area is 124 Å². The Kier molecular flexibility index (Phi) is 2.06. The lowest BCUT2D eigenvalue weighted by atomic mass is 10.0. The van der Waals surface area contributed by atoms with E-state index in [1.807, 2.05) is 6.07 Å². The van der Waals surface area contributed by atoms with E-state index in [4.69, 9.17) is 5.73 Å². The summed E-state index contributed by atoms with van der Waals surface area (Å²) in [6.45, 7) is 0. The van der Waals surface area contributed by atoms with Crippen molar-refractivity contribution in [3.05, 3.63) is 22.4 Å². The van der Waals surface area contributed by atoms with Crippen molar-refractivity contribution in [1.82, 2.24) is 9.55 Å². The molecule has 5 rings (SSSR count). The lowest BCUT2D eigenvalue weighted by molar-refractivity contribution is 0.456. The number of halogens is 2. The van der Waals surface area contributed by atoms with Crippen molar-refractivity contribution in [1.29, 1.82) is 0 Å². The van der Waals surface area contributed by atoms with Crippen LogP contribution in [-0.2, 0) is 0 Å². The molecule has 2 bridgehead atoms. The first-order valence-electron chi connectivity index (χ1n) is 7.27. The number of benzene rings is 1. The zero-order valence-electron chi connectivity index (χ0n) is 10.9. The Morgan fingerprint density at radius 3 is 2.65 bits per heavy atom. The molecule has 5 heteroatoms. The van der Waals surface area contributed by atoms with Crippen LogP contribution in [0.25, 0.3) is 11.0 Å². The molecule has 1 aromatic heterocycles. The van der Waals surface area contributed by atoms with Crippen molar-refractivity contribution < 1.29 is 4.39 Å². The number of nitrogens with two attached hydrogens (primary N) is 1. The number of hydrogen-bond acceptors (Lipinski definition) is 2. The number of nitrogen functional groups attached to an aromatic ring is 1. The van der Waals surface area contributed by atoms with Gasteiger partial charge in [0.2, 0.25) is 5.95 Å². The second-order valence-corrected chi connectivity index (χ2v) is 7.43. The normalized spacial score (nSPS) is 37.6. The number of anilines is 1. The van der Waals surface area contributed by atoms with Crippen LogP contribution in [0.5, 0.6) is 0 Å². The van der Waals surface area contributed by atoms with Gasteiger partial charge in [-0.05, 0) is 64.9 Å². The molecule has 2 N–H and O–H groups in total. The Bertz CT molecular complexity index is 724. The first-order valence-corrected chi connectivity index (χ1v) is 8.07. The van der Waals surface area contributed by atoms with E-state index in [0.29, 0.717) is 22.0 Å². The van der Waals surface area contributed by atoms with Crippen LogP contribution < -0.4 is 5.73 Å². The molecular formula is C15H15BrFN3. The van der Waals surface area contributed by atoms with Crippen molar-refractivity contribution in [3.63, 3.8) is 0 Å². The van der Waals surface area contributed by atoms with Crippen LogP contribution in [0.4, 0.5) is 10.3 Å². The molecule has 3 nitrogen and oxygen atoms in total. The number of nitrogens with zero attached hydrogens (tertiary/aromatic N) is 2. The molecule has 0 saturated heterocycles. The molecule has 0 aliphatic heterocycles. The topological polar surface area (TPSA) is 43.8 Å². The Morgan fingerprint density at radius 2 is 1.95 bits per heavy atom. The van der Waals surface area contributed by atoms with Crippen LogP contribution in [0.15, 0.2) is 16.6 Å². The average Bonchev–Trinajstić information content (AvgIpc) is 2.73. The molecule has 0 amide bonds. The van der Waals surface area contributed by atoms with Gasteiger partial charge in [0.05, 0.1) is 15.5 Å². The van der Waals surface area contributed by atoms with Crippen molar-refractivity contribution in [2.45, 2.75) is 25.3 Å². The number of imidazole rings is 1. The van der Waals surface area contributed by atoms with Crippen molar-refractivity contribution in [2.75, 3.05) is 5.73 Å². The molecule has 0 spiro atoms. The van der Waals surface area contributed by atoms with E-state index in [-0.39, 0.29) is 5.82 Å².